The molecule has 0 unspecified atom stereocenters. The van der Waals surface area contributed by atoms with Crippen molar-refractivity contribution in [3.05, 3.63) is 21.1 Å². The zero-order valence-corrected chi connectivity index (χ0v) is 11.2. The van der Waals surface area contributed by atoms with Crippen molar-refractivity contribution < 1.29 is 9.53 Å². The fourth-order valence-electron chi connectivity index (χ4n) is 1.02. The molecule has 0 bridgehead atoms. The number of nitrogen functional groups attached to an aromatic ring is 1. The van der Waals surface area contributed by atoms with Gasteiger partial charge in [0.05, 0.1) is 5.69 Å². The second-order valence-corrected chi connectivity index (χ2v) is 4.55. The number of carbonyl (C=O) groups excluding carboxylic acids is 1. The van der Waals surface area contributed by atoms with Crippen molar-refractivity contribution >= 4 is 49.1 Å². The minimum Gasteiger partial charge on any atom is -0.399 e. The molecule has 82 valence electrons. The van der Waals surface area contributed by atoms with Gasteiger partial charge in [-0.3, -0.25) is 4.79 Å². The van der Waals surface area contributed by atoms with Crippen molar-refractivity contribution in [2.75, 3.05) is 24.8 Å². The van der Waals surface area contributed by atoms with Gasteiger partial charge in [0.25, 0.3) is 0 Å². The quantitative estimate of drug-likeness (QED) is 0.832. The Bertz CT molecular complexity index is 359. The minimum absolute atomic E-state index is 0.0171. The normalized spacial score (nSPS) is 10.1. The Kier molecular flexibility index (Phi) is 4.56. The number of carbonyl (C=O) groups is 1. The number of nitrogens with one attached hydrogen (secondary N) is 1. The van der Waals surface area contributed by atoms with Crippen molar-refractivity contribution in [3.8, 4) is 0 Å². The summed E-state index contributed by atoms with van der Waals surface area (Å²) in [4.78, 5) is 11.3. The van der Waals surface area contributed by atoms with E-state index in [1.165, 1.54) is 7.11 Å². The third kappa shape index (κ3) is 3.48. The summed E-state index contributed by atoms with van der Waals surface area (Å²) in [7, 11) is 1.46. The van der Waals surface area contributed by atoms with Gasteiger partial charge in [0.15, 0.2) is 0 Å². The fraction of sp³-hybridized carbons (Fsp3) is 0.222. The number of anilines is 2. The zero-order valence-electron chi connectivity index (χ0n) is 8.01. The van der Waals surface area contributed by atoms with Gasteiger partial charge in [-0.2, -0.15) is 0 Å². The molecule has 3 N–H and O–H groups in total. The third-order valence-corrected chi connectivity index (χ3v) is 2.86. The summed E-state index contributed by atoms with van der Waals surface area (Å²) >= 11 is 6.62. The van der Waals surface area contributed by atoms with Crippen LogP contribution >= 0.6 is 31.9 Å². The molecule has 1 aromatic rings. The van der Waals surface area contributed by atoms with Crippen LogP contribution in [0.25, 0.3) is 0 Å². The summed E-state index contributed by atoms with van der Waals surface area (Å²) in [6.07, 6.45) is 0. The molecule has 0 aromatic heterocycles. The molecule has 0 fully saturated rings. The number of amides is 1. The summed E-state index contributed by atoms with van der Waals surface area (Å²) in [6, 6.07) is 3.43. The Morgan fingerprint density at radius 3 is 2.47 bits per heavy atom. The van der Waals surface area contributed by atoms with Crippen LogP contribution in [-0.2, 0) is 9.53 Å². The third-order valence-electron chi connectivity index (χ3n) is 1.60. The van der Waals surface area contributed by atoms with E-state index in [2.05, 4.69) is 37.2 Å². The molecule has 0 aliphatic carbocycles. The predicted molar refractivity (Wildman–Crippen MR) is 66.8 cm³/mol. The van der Waals surface area contributed by atoms with Crippen LogP contribution in [0.1, 0.15) is 0 Å². The Hall–Kier alpha value is -0.590. The molecule has 1 rings (SSSR count). The lowest BCUT2D eigenvalue weighted by atomic mass is 10.3. The maximum absolute atomic E-state index is 11.3. The van der Waals surface area contributed by atoms with Crippen LogP contribution in [0.5, 0.6) is 0 Å². The number of benzene rings is 1. The van der Waals surface area contributed by atoms with Gasteiger partial charge in [-0.15, -0.1) is 0 Å². The monoisotopic (exact) mass is 336 g/mol. The van der Waals surface area contributed by atoms with Gasteiger partial charge in [-0.1, -0.05) is 0 Å². The van der Waals surface area contributed by atoms with Gasteiger partial charge >= 0.3 is 0 Å². The molecular weight excluding hydrogens is 328 g/mol. The van der Waals surface area contributed by atoms with E-state index in [-0.39, 0.29) is 12.5 Å². The van der Waals surface area contributed by atoms with Crippen molar-refractivity contribution in [2.24, 2.45) is 0 Å². The first-order valence-corrected chi connectivity index (χ1v) is 5.66. The van der Waals surface area contributed by atoms with Gasteiger partial charge in [0.1, 0.15) is 6.61 Å². The van der Waals surface area contributed by atoms with Gasteiger partial charge < -0.3 is 15.8 Å². The standard InChI is InChI=1S/C9H10Br2N2O2/c1-15-4-8(14)13-9-6(10)2-5(12)3-7(9)11/h2-3H,4,12H2,1H3,(H,13,14). The van der Waals surface area contributed by atoms with E-state index in [0.717, 1.165) is 8.95 Å². The molecule has 15 heavy (non-hydrogen) atoms. The zero-order chi connectivity index (χ0) is 11.4. The van der Waals surface area contributed by atoms with Gasteiger partial charge in [0, 0.05) is 21.7 Å². The van der Waals surface area contributed by atoms with Crippen LogP contribution < -0.4 is 11.1 Å². The molecule has 0 spiro atoms. The second kappa shape index (κ2) is 5.48. The van der Waals surface area contributed by atoms with Crippen LogP contribution in [0, 0.1) is 0 Å². The highest BCUT2D eigenvalue weighted by atomic mass is 79.9. The Morgan fingerprint density at radius 1 is 1.47 bits per heavy atom. The Balaban J connectivity index is 2.90. The summed E-state index contributed by atoms with van der Waals surface area (Å²) in [6.45, 7) is 0.0171. The average Bonchev–Trinajstić information content (AvgIpc) is 2.11. The van der Waals surface area contributed by atoms with E-state index in [9.17, 15) is 4.79 Å². The number of nitrogens with two attached hydrogens (primary N) is 1. The van der Waals surface area contributed by atoms with E-state index in [1.807, 2.05) is 0 Å². The molecule has 0 aliphatic rings. The number of hydrogen-bond acceptors (Lipinski definition) is 3. The number of methoxy groups -OCH3 is 1. The summed E-state index contributed by atoms with van der Waals surface area (Å²) in [5, 5.41) is 2.69. The fourth-order valence-corrected chi connectivity index (χ4v) is 2.44. The number of ether oxygens (including phenoxy) is 1. The maximum atomic E-state index is 11.3. The molecule has 1 amide bonds. The predicted octanol–water partition coefficient (Wildman–Crippen LogP) is 2.38. The highest BCUT2D eigenvalue weighted by Crippen LogP contribution is 2.33. The topological polar surface area (TPSA) is 64.3 Å². The average molecular weight is 338 g/mol. The number of halogens is 2. The highest BCUT2D eigenvalue weighted by molar-refractivity contribution is 9.11. The van der Waals surface area contributed by atoms with Crippen molar-refractivity contribution in [2.45, 2.75) is 0 Å². The largest absolute Gasteiger partial charge is 0.399 e. The molecular formula is C9H10Br2N2O2. The van der Waals surface area contributed by atoms with Crippen molar-refractivity contribution in [1.29, 1.82) is 0 Å². The Labute approximate surface area is 104 Å². The van der Waals surface area contributed by atoms with Crippen LogP contribution in [0.3, 0.4) is 0 Å². The minimum atomic E-state index is -0.219. The molecule has 4 nitrogen and oxygen atoms in total. The lowest BCUT2D eigenvalue weighted by Crippen LogP contribution is -2.17. The molecule has 0 saturated carbocycles. The molecule has 0 saturated heterocycles. The van der Waals surface area contributed by atoms with Crippen LogP contribution in [-0.4, -0.2) is 19.6 Å². The van der Waals surface area contributed by atoms with E-state index < -0.39 is 0 Å². The van der Waals surface area contributed by atoms with Crippen LogP contribution in [0.15, 0.2) is 21.1 Å². The Morgan fingerprint density at radius 2 is 2.00 bits per heavy atom. The first-order chi connectivity index (χ1) is 7.04. The van der Waals surface area contributed by atoms with E-state index in [4.69, 9.17) is 10.5 Å². The maximum Gasteiger partial charge on any atom is 0.250 e. The van der Waals surface area contributed by atoms with E-state index >= 15 is 0 Å². The van der Waals surface area contributed by atoms with E-state index in [0.29, 0.717) is 11.4 Å². The van der Waals surface area contributed by atoms with Crippen molar-refractivity contribution in [1.82, 2.24) is 0 Å². The number of hydrogen-bond donors (Lipinski definition) is 2. The molecule has 0 aliphatic heterocycles. The highest BCUT2D eigenvalue weighted by Gasteiger charge is 2.09. The summed E-state index contributed by atoms with van der Waals surface area (Å²) < 4.78 is 6.15. The SMILES string of the molecule is COCC(=O)Nc1c(Br)cc(N)cc1Br. The van der Waals surface area contributed by atoms with Gasteiger partial charge in [-0.05, 0) is 44.0 Å². The van der Waals surface area contributed by atoms with E-state index in [1.54, 1.807) is 12.1 Å². The smallest absolute Gasteiger partial charge is 0.250 e. The first kappa shape index (κ1) is 12.5. The summed E-state index contributed by atoms with van der Waals surface area (Å²) in [5.74, 6) is -0.219. The van der Waals surface area contributed by atoms with Crippen LogP contribution in [0.2, 0.25) is 0 Å². The van der Waals surface area contributed by atoms with Gasteiger partial charge in [-0.25, -0.2) is 0 Å². The van der Waals surface area contributed by atoms with Gasteiger partial charge in [0.2, 0.25) is 5.91 Å². The molecule has 0 atom stereocenters. The summed E-state index contributed by atoms with van der Waals surface area (Å²) in [5.41, 5.74) is 6.87. The van der Waals surface area contributed by atoms with Crippen LogP contribution in [0.4, 0.5) is 11.4 Å². The second-order valence-electron chi connectivity index (χ2n) is 2.84. The molecule has 6 heteroatoms. The number of rotatable bonds is 3. The lowest BCUT2D eigenvalue weighted by Gasteiger charge is -2.10. The van der Waals surface area contributed by atoms with Crippen molar-refractivity contribution in [3.63, 3.8) is 0 Å². The lowest BCUT2D eigenvalue weighted by molar-refractivity contribution is -0.119. The molecule has 0 radical (unpaired) electrons. The molecule has 0 heterocycles. The first-order valence-electron chi connectivity index (χ1n) is 4.08. The molecule has 1 aromatic carbocycles.